The molecule has 1 aromatic carbocycles. The average molecular weight is 703 g/mol. The monoisotopic (exact) mass is 702 g/mol. The maximum atomic E-state index is 12.7. The summed E-state index contributed by atoms with van der Waals surface area (Å²) in [7, 11) is 0. The van der Waals surface area contributed by atoms with Crippen molar-refractivity contribution >= 4 is 58.2 Å². The number of Topliss-reactive ketones (excluding diaryl/α,β-unsaturated/α-hetero) is 2. The predicted molar refractivity (Wildman–Crippen MR) is 157 cm³/mol. The van der Waals surface area contributed by atoms with Crippen LogP contribution in [0.1, 0.15) is 11.1 Å². The van der Waals surface area contributed by atoms with E-state index in [0.29, 0.717) is 61.6 Å². The van der Waals surface area contributed by atoms with Gasteiger partial charge in [-0.05, 0) is 48.2 Å². The summed E-state index contributed by atoms with van der Waals surface area (Å²) in [6, 6.07) is 7.17. The number of urea groups is 1. The summed E-state index contributed by atoms with van der Waals surface area (Å²) in [5, 5.41) is 6.79. The maximum Gasteiger partial charge on any atom is 0.458 e. The summed E-state index contributed by atoms with van der Waals surface area (Å²) >= 11 is 6.33. The van der Waals surface area contributed by atoms with Crippen LogP contribution in [0.5, 0.6) is 5.75 Å². The van der Waals surface area contributed by atoms with Gasteiger partial charge in [0.15, 0.2) is 12.4 Å². The highest BCUT2D eigenvalue weighted by molar-refractivity contribution is 6.41. The van der Waals surface area contributed by atoms with Crippen LogP contribution in [0.2, 0.25) is 5.02 Å². The van der Waals surface area contributed by atoms with Crippen LogP contribution in [-0.4, -0.2) is 93.4 Å². The maximum absolute atomic E-state index is 12.7. The van der Waals surface area contributed by atoms with E-state index in [1.165, 1.54) is 11.1 Å². The van der Waals surface area contributed by atoms with Gasteiger partial charge < -0.3 is 30.9 Å². The second-order valence-electron chi connectivity index (χ2n) is 10.2. The molecule has 0 aliphatic carbocycles. The molecule has 3 aromatic rings. The first kappa shape index (κ1) is 35.7. The van der Waals surface area contributed by atoms with Crippen LogP contribution >= 0.6 is 11.6 Å². The minimum absolute atomic E-state index is 0.0988. The lowest BCUT2D eigenvalue weighted by atomic mass is 10.0. The zero-order valence-electron chi connectivity index (χ0n) is 24.5. The Balaban J connectivity index is 0.000000371. The number of carbonyl (C=O) groups is 4. The molecule has 256 valence electrons. The van der Waals surface area contributed by atoms with E-state index in [2.05, 4.69) is 25.6 Å². The third-order valence-electron chi connectivity index (χ3n) is 6.82. The second-order valence-corrected chi connectivity index (χ2v) is 10.6. The second kappa shape index (κ2) is 14.7. The summed E-state index contributed by atoms with van der Waals surface area (Å²) in [6.45, 7) is 1.60. The highest BCUT2D eigenvalue weighted by Crippen LogP contribution is 2.30. The molecular formula is C28H25ClF6N8O5. The van der Waals surface area contributed by atoms with Crippen molar-refractivity contribution in [1.82, 2.24) is 24.8 Å². The molecule has 0 saturated carbocycles. The van der Waals surface area contributed by atoms with Gasteiger partial charge in [0.2, 0.25) is 5.95 Å². The molecule has 1 fully saturated rings. The van der Waals surface area contributed by atoms with Crippen LogP contribution in [0, 0.1) is 0 Å². The summed E-state index contributed by atoms with van der Waals surface area (Å²) < 4.78 is 72.9. The predicted octanol–water partition coefficient (Wildman–Crippen LogP) is 3.96. The number of fused-ring (bicyclic) bond motifs is 6. The summed E-state index contributed by atoms with van der Waals surface area (Å²) in [6.07, 6.45) is -5.11. The summed E-state index contributed by atoms with van der Waals surface area (Å²) in [4.78, 5) is 59.6. The Morgan fingerprint density at radius 2 is 1.50 bits per heavy atom. The zero-order chi connectivity index (χ0) is 35.2. The third kappa shape index (κ3) is 9.43. The van der Waals surface area contributed by atoms with Crippen LogP contribution in [0.25, 0.3) is 0 Å². The number of anilines is 4. The van der Waals surface area contributed by atoms with Crippen LogP contribution in [0.15, 0.2) is 42.9 Å². The lowest BCUT2D eigenvalue weighted by Gasteiger charge is -2.33. The average Bonchev–Trinajstić information content (AvgIpc) is 3.03. The van der Waals surface area contributed by atoms with Gasteiger partial charge >= 0.3 is 30.0 Å². The topological polar surface area (TPSA) is 173 Å². The number of nitrogens with one attached hydrogen (secondary N) is 2. The fraction of sp³-hybridized carbons (Fsp3) is 0.321. The molecule has 1 saturated heterocycles. The third-order valence-corrected chi connectivity index (χ3v) is 7.09. The smallest absolute Gasteiger partial charge is 0.458 e. The van der Waals surface area contributed by atoms with E-state index < -0.39 is 30.0 Å². The highest BCUT2D eigenvalue weighted by atomic mass is 35.5. The molecule has 6 bridgehead atoms. The van der Waals surface area contributed by atoms with Gasteiger partial charge in [-0.1, -0.05) is 11.6 Å². The number of ketones is 2. The Bertz CT molecular complexity index is 1680. The lowest BCUT2D eigenvalue weighted by Crippen LogP contribution is -2.52. The molecule has 0 unspecified atom stereocenters. The molecule has 48 heavy (non-hydrogen) atoms. The lowest BCUT2D eigenvalue weighted by molar-refractivity contribution is -0.193. The number of halogens is 7. The number of amides is 3. The number of pyridine rings is 1. The number of hydrogen-bond donors (Lipinski definition) is 3. The standard InChI is InChI=1S/C24H25ClN8O3.C4F6O2/c25-19-13-28-24-30-18-9-15(11-27-12-18)1-2-16-10-17(29-22(19)31-24)3-4-20(16)36-14-21(34)32-5-7-33(8-6-32)23(26)35;5-3(6,7)1(11)2(12)4(8,9)10/h3-4,9-13H,1-2,5-8,14H2,(H2,26,35)(H2,28,29,30,31);. The largest absolute Gasteiger partial charge is 0.483 e. The Morgan fingerprint density at radius 3 is 2.12 bits per heavy atom. The van der Waals surface area contributed by atoms with Crippen molar-refractivity contribution in [2.24, 2.45) is 5.73 Å². The molecule has 3 amide bonds. The first-order valence-electron chi connectivity index (χ1n) is 13.8. The molecule has 0 spiro atoms. The van der Waals surface area contributed by atoms with E-state index in [1.54, 1.807) is 11.1 Å². The number of carbonyl (C=O) groups excluding carboxylic acids is 4. The number of hydrogen-bond acceptors (Lipinski definition) is 10. The minimum Gasteiger partial charge on any atom is -0.483 e. The molecule has 0 atom stereocenters. The van der Waals surface area contributed by atoms with E-state index in [-0.39, 0.29) is 12.5 Å². The van der Waals surface area contributed by atoms with Gasteiger partial charge in [-0.3, -0.25) is 19.4 Å². The van der Waals surface area contributed by atoms with E-state index in [0.717, 1.165) is 22.5 Å². The molecule has 20 heteroatoms. The molecular weight excluding hydrogens is 678 g/mol. The number of aromatic nitrogens is 3. The number of aryl methyl sites for hydroxylation is 2. The van der Waals surface area contributed by atoms with Crippen molar-refractivity contribution in [3.05, 3.63) is 59.0 Å². The molecule has 5 rings (SSSR count). The highest BCUT2D eigenvalue weighted by Gasteiger charge is 2.54. The Morgan fingerprint density at radius 1 is 0.854 bits per heavy atom. The summed E-state index contributed by atoms with van der Waals surface area (Å²) in [5.41, 5.74) is 8.83. The molecule has 0 radical (unpaired) electrons. The number of primary amides is 1. The number of nitrogens with two attached hydrogens (primary N) is 1. The number of benzene rings is 1. The first-order chi connectivity index (χ1) is 22.5. The number of rotatable bonds is 4. The van der Waals surface area contributed by atoms with E-state index in [4.69, 9.17) is 22.1 Å². The molecule has 2 aliphatic heterocycles. The van der Waals surface area contributed by atoms with Crippen molar-refractivity contribution in [2.75, 3.05) is 43.4 Å². The molecule has 4 heterocycles. The van der Waals surface area contributed by atoms with Crippen molar-refractivity contribution in [3.8, 4) is 5.75 Å². The van der Waals surface area contributed by atoms with Crippen LogP contribution < -0.4 is 21.1 Å². The van der Waals surface area contributed by atoms with Gasteiger partial charge in [0.25, 0.3) is 5.91 Å². The van der Waals surface area contributed by atoms with Gasteiger partial charge in [0.1, 0.15) is 10.8 Å². The minimum atomic E-state index is -5.77. The normalized spacial score (nSPS) is 14.4. The number of nitrogens with zero attached hydrogens (tertiary/aromatic N) is 5. The molecule has 13 nitrogen and oxygen atoms in total. The SMILES string of the molecule is NC(=O)N1CCN(C(=O)COc2ccc3cc2CCc2cncc(c2)Nc2ncc(Cl)c(n2)N3)CC1.O=C(C(=O)C(F)(F)F)C(F)(F)F. The molecule has 2 aliphatic rings. The van der Waals surface area contributed by atoms with Crippen molar-refractivity contribution in [3.63, 3.8) is 0 Å². The van der Waals surface area contributed by atoms with E-state index >= 15 is 0 Å². The molecule has 2 aromatic heterocycles. The first-order valence-corrected chi connectivity index (χ1v) is 14.2. The quantitative estimate of drug-likeness (QED) is 0.267. The van der Waals surface area contributed by atoms with E-state index in [9.17, 15) is 45.5 Å². The number of alkyl halides is 6. The van der Waals surface area contributed by atoms with Gasteiger partial charge in [-0.25, -0.2) is 9.78 Å². The van der Waals surface area contributed by atoms with Crippen LogP contribution in [0.3, 0.4) is 0 Å². The summed E-state index contributed by atoms with van der Waals surface area (Å²) in [5.74, 6) is -5.47. The Hall–Kier alpha value is -5.20. The molecule has 4 N–H and O–H groups in total. The van der Waals surface area contributed by atoms with Gasteiger partial charge in [-0.15, -0.1) is 0 Å². The van der Waals surface area contributed by atoms with Crippen molar-refractivity contribution in [1.29, 1.82) is 0 Å². The van der Waals surface area contributed by atoms with Crippen LogP contribution in [0.4, 0.5) is 54.3 Å². The van der Waals surface area contributed by atoms with Gasteiger partial charge in [-0.2, -0.15) is 31.3 Å². The number of piperazine rings is 1. The Kier molecular flexibility index (Phi) is 10.9. The zero-order valence-corrected chi connectivity index (χ0v) is 25.2. The number of ether oxygens (including phenoxy) is 1. The van der Waals surface area contributed by atoms with Crippen molar-refractivity contribution in [2.45, 2.75) is 25.2 Å². The van der Waals surface area contributed by atoms with Gasteiger partial charge in [0.05, 0.1) is 18.1 Å². The van der Waals surface area contributed by atoms with E-state index in [1.807, 2.05) is 30.5 Å². The fourth-order valence-electron chi connectivity index (χ4n) is 4.41. The fourth-order valence-corrected chi connectivity index (χ4v) is 4.55. The van der Waals surface area contributed by atoms with Gasteiger partial charge in [0, 0.05) is 38.1 Å². The Labute approximate surface area is 272 Å². The van der Waals surface area contributed by atoms with Crippen LogP contribution in [-0.2, 0) is 27.2 Å². The van der Waals surface area contributed by atoms with Crippen molar-refractivity contribution < 1.29 is 50.3 Å².